The zero-order valence-corrected chi connectivity index (χ0v) is 15.4. The zero-order valence-electron chi connectivity index (χ0n) is 15.4. The number of aliphatic hydroxyl groups excluding tert-OH is 2. The van der Waals surface area contributed by atoms with Crippen molar-refractivity contribution in [1.29, 1.82) is 0 Å². The third kappa shape index (κ3) is 7.50. The number of allylic oxidation sites excluding steroid dienone is 2. The van der Waals surface area contributed by atoms with E-state index in [1.54, 1.807) is 6.08 Å². The van der Waals surface area contributed by atoms with Crippen molar-refractivity contribution >= 4 is 35.5 Å². The first-order chi connectivity index (χ1) is 12.4. The molecule has 0 spiro atoms. The van der Waals surface area contributed by atoms with Gasteiger partial charge in [0.2, 0.25) is 0 Å². The number of hydrogen-bond donors (Lipinski definition) is 3. The van der Waals surface area contributed by atoms with Gasteiger partial charge < -0.3 is 20.1 Å². The molecule has 2 rings (SSSR count). The fourth-order valence-electron chi connectivity index (χ4n) is 3.89. The molecule has 5 atom stereocenters. The van der Waals surface area contributed by atoms with Crippen molar-refractivity contribution in [3.63, 3.8) is 0 Å². The summed E-state index contributed by atoms with van der Waals surface area (Å²) in [4.78, 5) is 10.5. The van der Waals surface area contributed by atoms with E-state index < -0.39 is 18.2 Å². The van der Waals surface area contributed by atoms with Gasteiger partial charge in [-0.3, -0.25) is 4.79 Å². The maximum atomic E-state index is 14.2. The van der Waals surface area contributed by atoms with Crippen LogP contribution < -0.4 is 0 Å². The van der Waals surface area contributed by atoms with Crippen molar-refractivity contribution in [2.24, 2.45) is 11.8 Å². The Morgan fingerprint density at radius 3 is 2.74 bits per heavy atom. The van der Waals surface area contributed by atoms with E-state index in [2.05, 4.69) is 6.92 Å². The summed E-state index contributed by atoms with van der Waals surface area (Å²) in [6, 6.07) is 0. The minimum absolute atomic E-state index is 0. The maximum absolute atomic E-state index is 14.2. The Bertz CT molecular complexity index is 536. The van der Waals surface area contributed by atoms with Crippen molar-refractivity contribution < 1.29 is 29.2 Å². The third-order valence-corrected chi connectivity index (χ3v) is 5.35. The van der Waals surface area contributed by atoms with Crippen molar-refractivity contribution in [2.75, 3.05) is 0 Å². The average Bonchev–Trinajstić information content (AvgIpc) is 3.10. The van der Waals surface area contributed by atoms with Gasteiger partial charge in [-0.1, -0.05) is 38.3 Å². The fraction of sp³-hybridized carbons (Fsp3) is 0.750. The monoisotopic (exact) mass is 394 g/mol. The Kier molecular flexibility index (Phi) is 11.2. The topological polar surface area (TPSA) is 87.0 Å². The van der Waals surface area contributed by atoms with Crippen LogP contribution >= 0.6 is 0 Å². The molecule has 1 heterocycles. The number of hydrogen-bond acceptors (Lipinski definition) is 4. The molecular weight excluding hydrogens is 362 g/mol. The number of aliphatic carboxylic acids is 1. The van der Waals surface area contributed by atoms with Crippen LogP contribution in [0, 0.1) is 11.8 Å². The first kappa shape index (κ1) is 24.6. The predicted molar refractivity (Wildman–Crippen MR) is 103 cm³/mol. The second-order valence-electron chi connectivity index (χ2n) is 7.43. The van der Waals surface area contributed by atoms with E-state index in [0.29, 0.717) is 25.0 Å². The summed E-state index contributed by atoms with van der Waals surface area (Å²) in [7, 11) is 0. The molecule has 5 unspecified atom stereocenters. The van der Waals surface area contributed by atoms with Crippen LogP contribution in [0.1, 0.15) is 64.7 Å². The molecule has 1 aliphatic carbocycles. The standard InChI is InChI=1S/C20H31FO5.Na.H/c1-2-3-4-6-13(22)9-10-14-15-11-19(26-18(15)12-17(14)23)16(21)7-5-8-20(24)25;;/h9-10,13-15,17-18,22-23H,2-8,11-12H2,1H3,(H,24,25);;/b10-9+,19-16+;;. The predicted octanol–water partition coefficient (Wildman–Crippen LogP) is 3.06. The van der Waals surface area contributed by atoms with Gasteiger partial charge in [0.15, 0.2) is 0 Å². The molecule has 7 heteroatoms. The normalized spacial score (nSPS) is 29.9. The summed E-state index contributed by atoms with van der Waals surface area (Å²) < 4.78 is 19.9. The number of aliphatic hydroxyl groups is 2. The van der Waals surface area contributed by atoms with Gasteiger partial charge in [-0.05, 0) is 12.8 Å². The van der Waals surface area contributed by atoms with Crippen molar-refractivity contribution in [3.8, 4) is 0 Å². The minimum atomic E-state index is -0.933. The van der Waals surface area contributed by atoms with Gasteiger partial charge in [0.25, 0.3) is 0 Å². The van der Waals surface area contributed by atoms with Crippen LogP contribution in [-0.4, -0.2) is 69.2 Å². The van der Waals surface area contributed by atoms with Crippen LogP contribution in [0.3, 0.4) is 0 Å². The molecule has 0 amide bonds. The molecule has 2 aliphatic rings. The average molecular weight is 394 g/mol. The summed E-state index contributed by atoms with van der Waals surface area (Å²) in [6.07, 6.45) is 7.34. The number of carbonyl (C=O) groups is 1. The van der Waals surface area contributed by atoms with E-state index in [1.807, 2.05) is 6.08 Å². The molecule has 3 N–H and O–H groups in total. The summed E-state index contributed by atoms with van der Waals surface area (Å²) >= 11 is 0. The van der Waals surface area contributed by atoms with Crippen molar-refractivity contribution in [1.82, 2.24) is 0 Å². The van der Waals surface area contributed by atoms with Gasteiger partial charge >= 0.3 is 35.5 Å². The summed E-state index contributed by atoms with van der Waals surface area (Å²) in [5, 5.41) is 28.9. The van der Waals surface area contributed by atoms with Crippen LogP contribution in [0.15, 0.2) is 23.7 Å². The Morgan fingerprint density at radius 1 is 1.33 bits per heavy atom. The van der Waals surface area contributed by atoms with Crippen LogP contribution in [0.5, 0.6) is 0 Å². The second kappa shape index (κ2) is 12.2. The van der Waals surface area contributed by atoms with Gasteiger partial charge in [-0.2, -0.15) is 0 Å². The molecule has 2 fully saturated rings. The van der Waals surface area contributed by atoms with Crippen LogP contribution in [0.4, 0.5) is 4.39 Å². The first-order valence-electron chi connectivity index (χ1n) is 9.72. The molecule has 1 aliphatic heterocycles. The van der Waals surface area contributed by atoms with Gasteiger partial charge in [0.05, 0.1) is 12.2 Å². The molecule has 0 radical (unpaired) electrons. The van der Waals surface area contributed by atoms with Crippen LogP contribution in [0.2, 0.25) is 0 Å². The summed E-state index contributed by atoms with van der Waals surface area (Å²) in [5.74, 6) is -1.15. The quantitative estimate of drug-likeness (QED) is 0.301. The molecular formula is C20H32FNaO5. The molecule has 0 bridgehead atoms. The number of unbranched alkanes of at least 4 members (excludes halogenated alkanes) is 2. The van der Waals surface area contributed by atoms with Crippen molar-refractivity contribution in [2.45, 2.75) is 83.0 Å². The number of halogens is 1. The van der Waals surface area contributed by atoms with E-state index in [9.17, 15) is 19.4 Å². The molecule has 1 saturated carbocycles. The van der Waals surface area contributed by atoms with Crippen LogP contribution in [0.25, 0.3) is 0 Å². The second-order valence-corrected chi connectivity index (χ2v) is 7.43. The molecule has 5 nitrogen and oxygen atoms in total. The zero-order chi connectivity index (χ0) is 19.1. The molecule has 0 aromatic rings. The summed E-state index contributed by atoms with van der Waals surface area (Å²) in [6.45, 7) is 2.11. The third-order valence-electron chi connectivity index (χ3n) is 5.35. The number of rotatable bonds is 10. The van der Waals surface area contributed by atoms with E-state index >= 15 is 0 Å². The van der Waals surface area contributed by atoms with E-state index in [0.717, 1.165) is 19.3 Å². The first-order valence-corrected chi connectivity index (χ1v) is 9.72. The number of ether oxygens (including phenoxy) is 1. The Hall–Kier alpha value is -0.400. The Labute approximate surface area is 183 Å². The molecule has 1 saturated heterocycles. The van der Waals surface area contributed by atoms with Crippen LogP contribution in [-0.2, 0) is 9.53 Å². The molecule has 0 aromatic carbocycles. The molecule has 0 aromatic heterocycles. The Balaban J connectivity index is 0.00000364. The van der Waals surface area contributed by atoms with Gasteiger partial charge in [-0.25, -0.2) is 4.39 Å². The van der Waals surface area contributed by atoms with Gasteiger partial charge in [0.1, 0.15) is 17.7 Å². The Morgan fingerprint density at radius 2 is 2.07 bits per heavy atom. The SMILES string of the molecule is CCCCCC(O)/C=C/C1C(O)CC2O/C(=C(/F)CCCC(=O)O)CC21.[NaH]. The van der Waals surface area contributed by atoms with E-state index in [-0.39, 0.29) is 72.6 Å². The van der Waals surface area contributed by atoms with E-state index in [1.165, 1.54) is 0 Å². The van der Waals surface area contributed by atoms with Gasteiger partial charge in [0, 0.05) is 37.5 Å². The number of fused-ring (bicyclic) bond motifs is 1. The molecule has 27 heavy (non-hydrogen) atoms. The summed E-state index contributed by atoms with van der Waals surface area (Å²) in [5.41, 5.74) is 0. The number of carboxylic acids is 1. The van der Waals surface area contributed by atoms with E-state index in [4.69, 9.17) is 9.84 Å². The molecule has 150 valence electrons. The van der Waals surface area contributed by atoms with Crippen molar-refractivity contribution in [3.05, 3.63) is 23.7 Å². The fourth-order valence-corrected chi connectivity index (χ4v) is 3.89. The van der Waals surface area contributed by atoms with Gasteiger partial charge in [-0.15, -0.1) is 0 Å². The number of carboxylic acid groups (broad SMARTS) is 1.